The van der Waals surface area contributed by atoms with Crippen molar-refractivity contribution in [3.05, 3.63) is 50.5 Å². The van der Waals surface area contributed by atoms with Gasteiger partial charge in [-0.3, -0.25) is 4.79 Å². The Morgan fingerprint density at radius 2 is 2.17 bits per heavy atom. The van der Waals surface area contributed by atoms with Crippen molar-refractivity contribution in [2.45, 2.75) is 20.4 Å². The summed E-state index contributed by atoms with van der Waals surface area (Å²) in [6.07, 6.45) is 0. The van der Waals surface area contributed by atoms with Crippen molar-refractivity contribution in [3.63, 3.8) is 0 Å². The van der Waals surface area contributed by atoms with Crippen LogP contribution < -0.4 is 4.80 Å². The van der Waals surface area contributed by atoms with Gasteiger partial charge in [0.1, 0.15) is 0 Å². The molecule has 0 aliphatic carbocycles. The fourth-order valence-corrected chi connectivity index (χ4v) is 4.25. The molecule has 23 heavy (non-hydrogen) atoms. The van der Waals surface area contributed by atoms with Crippen LogP contribution in [-0.4, -0.2) is 24.2 Å². The normalized spacial score (nSPS) is 12.2. The van der Waals surface area contributed by atoms with Crippen molar-refractivity contribution in [2.75, 3.05) is 13.7 Å². The average molecular weight is 346 g/mol. The summed E-state index contributed by atoms with van der Waals surface area (Å²) >= 11 is 2.97. The van der Waals surface area contributed by atoms with Gasteiger partial charge in [0.2, 0.25) is 0 Å². The average Bonchev–Trinajstić information content (AvgIpc) is 3.14. The Morgan fingerprint density at radius 3 is 2.87 bits per heavy atom. The van der Waals surface area contributed by atoms with Crippen LogP contribution >= 0.6 is 22.7 Å². The molecule has 0 saturated carbocycles. The summed E-state index contributed by atoms with van der Waals surface area (Å²) in [6, 6.07) is 7.97. The highest BCUT2D eigenvalue weighted by molar-refractivity contribution is 7.16. The van der Waals surface area contributed by atoms with Gasteiger partial charge < -0.3 is 9.30 Å². The maximum atomic E-state index is 12.3. The zero-order chi connectivity index (χ0) is 16.4. The quantitative estimate of drug-likeness (QED) is 0.722. The molecule has 0 saturated heterocycles. The molecule has 0 fully saturated rings. The third-order valence-corrected chi connectivity index (χ3v) is 5.65. The highest BCUT2D eigenvalue weighted by atomic mass is 32.1. The fourth-order valence-electron chi connectivity index (χ4n) is 2.54. The zero-order valence-electron chi connectivity index (χ0n) is 13.3. The number of thiophene rings is 1. The van der Waals surface area contributed by atoms with Gasteiger partial charge in [-0.2, -0.15) is 4.99 Å². The minimum Gasteiger partial charge on any atom is -0.383 e. The number of hydrogen-bond donors (Lipinski definition) is 0. The molecule has 1 amide bonds. The number of nitrogens with zero attached hydrogens (tertiary/aromatic N) is 2. The SMILES string of the molecule is COCCn1c(=NC(=O)c2cccs2)sc2c(C)cc(C)cc21. The molecule has 3 rings (SSSR count). The first-order chi connectivity index (χ1) is 11.1. The third-order valence-electron chi connectivity index (χ3n) is 3.56. The van der Waals surface area contributed by atoms with E-state index in [1.54, 1.807) is 24.5 Å². The lowest BCUT2D eigenvalue weighted by Gasteiger charge is -2.05. The van der Waals surface area contributed by atoms with Crippen LogP contribution in [0, 0.1) is 13.8 Å². The molecule has 0 spiro atoms. The molecule has 6 heteroatoms. The van der Waals surface area contributed by atoms with Crippen LogP contribution in [0.5, 0.6) is 0 Å². The number of ether oxygens (including phenoxy) is 1. The van der Waals surface area contributed by atoms with Gasteiger partial charge in [0.05, 0.1) is 21.7 Å². The molecule has 0 aliphatic heterocycles. The number of aryl methyl sites for hydroxylation is 2. The molecule has 4 nitrogen and oxygen atoms in total. The molecule has 1 aromatic carbocycles. The van der Waals surface area contributed by atoms with E-state index in [0.717, 1.165) is 10.3 Å². The van der Waals surface area contributed by atoms with Crippen molar-refractivity contribution >= 4 is 38.8 Å². The second-order valence-electron chi connectivity index (χ2n) is 5.35. The van der Waals surface area contributed by atoms with E-state index < -0.39 is 0 Å². The number of fused-ring (bicyclic) bond motifs is 1. The van der Waals surface area contributed by atoms with Crippen LogP contribution in [0.15, 0.2) is 34.6 Å². The van der Waals surface area contributed by atoms with Gasteiger partial charge in [-0.15, -0.1) is 11.3 Å². The Hall–Kier alpha value is -1.76. The van der Waals surface area contributed by atoms with Crippen LogP contribution in [0.3, 0.4) is 0 Å². The third kappa shape index (κ3) is 3.29. The molecule has 2 aromatic heterocycles. The number of carbonyl (C=O) groups excluding carboxylic acids is 1. The molecule has 0 unspecified atom stereocenters. The number of thiazole rings is 1. The van der Waals surface area contributed by atoms with E-state index in [9.17, 15) is 4.79 Å². The van der Waals surface area contributed by atoms with E-state index in [0.29, 0.717) is 18.0 Å². The molecule has 0 radical (unpaired) electrons. The van der Waals surface area contributed by atoms with Crippen molar-refractivity contribution in [3.8, 4) is 0 Å². The van der Waals surface area contributed by atoms with Crippen LogP contribution in [0.25, 0.3) is 10.2 Å². The van der Waals surface area contributed by atoms with Gasteiger partial charge in [0.15, 0.2) is 4.80 Å². The first-order valence-corrected chi connectivity index (χ1v) is 9.02. The summed E-state index contributed by atoms with van der Waals surface area (Å²) in [4.78, 5) is 18.1. The number of carbonyl (C=O) groups is 1. The minimum atomic E-state index is -0.188. The molecule has 3 aromatic rings. The highest BCUT2D eigenvalue weighted by Crippen LogP contribution is 2.23. The summed E-state index contributed by atoms with van der Waals surface area (Å²) in [7, 11) is 1.68. The number of aromatic nitrogens is 1. The summed E-state index contributed by atoms with van der Waals surface area (Å²) in [5.74, 6) is -0.188. The monoisotopic (exact) mass is 346 g/mol. The second-order valence-corrected chi connectivity index (χ2v) is 7.28. The predicted molar refractivity (Wildman–Crippen MR) is 95.4 cm³/mol. The smallest absolute Gasteiger partial charge is 0.289 e. The first kappa shape index (κ1) is 16.1. The standard InChI is InChI=1S/C17H18N2O2S2/c1-11-9-12(2)15-13(10-11)19(6-7-21-3)17(23-15)18-16(20)14-5-4-8-22-14/h4-5,8-10H,6-7H2,1-3H3. The van der Waals surface area contributed by atoms with Crippen LogP contribution in [0.1, 0.15) is 20.8 Å². The van der Waals surface area contributed by atoms with Crippen molar-refractivity contribution in [1.29, 1.82) is 0 Å². The van der Waals surface area contributed by atoms with E-state index >= 15 is 0 Å². The van der Waals surface area contributed by atoms with E-state index in [1.165, 1.54) is 27.2 Å². The molecular formula is C17H18N2O2S2. The van der Waals surface area contributed by atoms with Gasteiger partial charge in [0, 0.05) is 13.7 Å². The fraction of sp³-hybridized carbons (Fsp3) is 0.294. The molecule has 0 N–H and O–H groups in total. The molecule has 0 bridgehead atoms. The van der Waals surface area contributed by atoms with E-state index in [2.05, 4.69) is 35.5 Å². The lowest BCUT2D eigenvalue weighted by atomic mass is 10.1. The topological polar surface area (TPSA) is 43.6 Å². The number of methoxy groups -OCH3 is 1. The zero-order valence-corrected chi connectivity index (χ0v) is 15.0. The van der Waals surface area contributed by atoms with Gasteiger partial charge in [-0.1, -0.05) is 23.5 Å². The Bertz CT molecular complexity index is 905. The van der Waals surface area contributed by atoms with Gasteiger partial charge >= 0.3 is 0 Å². The van der Waals surface area contributed by atoms with E-state index in [1.807, 2.05) is 11.4 Å². The number of hydrogen-bond acceptors (Lipinski definition) is 4. The van der Waals surface area contributed by atoms with Gasteiger partial charge in [-0.25, -0.2) is 0 Å². The molecule has 0 atom stereocenters. The van der Waals surface area contributed by atoms with E-state index in [-0.39, 0.29) is 5.91 Å². The number of amides is 1. The summed E-state index contributed by atoms with van der Waals surface area (Å²) < 4.78 is 8.47. The Balaban J connectivity index is 2.18. The lowest BCUT2D eigenvalue weighted by molar-refractivity contribution is 0.100. The molecule has 120 valence electrons. The Morgan fingerprint density at radius 1 is 1.35 bits per heavy atom. The highest BCUT2D eigenvalue weighted by Gasteiger charge is 2.11. The molecule has 2 heterocycles. The summed E-state index contributed by atoms with van der Waals surface area (Å²) in [5, 5.41) is 1.89. The number of rotatable bonds is 4. The van der Waals surface area contributed by atoms with Gasteiger partial charge in [0.25, 0.3) is 5.91 Å². The molecular weight excluding hydrogens is 328 g/mol. The largest absolute Gasteiger partial charge is 0.383 e. The van der Waals surface area contributed by atoms with Crippen LogP contribution in [-0.2, 0) is 11.3 Å². The Kier molecular flexibility index (Phi) is 4.75. The summed E-state index contributed by atoms with van der Waals surface area (Å²) in [6.45, 7) is 5.44. The first-order valence-electron chi connectivity index (χ1n) is 7.32. The van der Waals surface area contributed by atoms with Crippen molar-refractivity contribution < 1.29 is 9.53 Å². The maximum Gasteiger partial charge on any atom is 0.289 e. The predicted octanol–water partition coefficient (Wildman–Crippen LogP) is 3.77. The second kappa shape index (κ2) is 6.78. The number of benzene rings is 1. The summed E-state index contributed by atoms with van der Waals surface area (Å²) in [5.41, 5.74) is 3.53. The van der Waals surface area contributed by atoms with Crippen molar-refractivity contribution in [2.24, 2.45) is 4.99 Å². The van der Waals surface area contributed by atoms with E-state index in [4.69, 9.17) is 4.74 Å². The maximum absolute atomic E-state index is 12.3. The van der Waals surface area contributed by atoms with Crippen molar-refractivity contribution in [1.82, 2.24) is 4.57 Å². The lowest BCUT2D eigenvalue weighted by Crippen LogP contribution is -2.19. The molecule has 0 aliphatic rings. The Labute approximate surface area is 142 Å². The van der Waals surface area contributed by atoms with Crippen LogP contribution in [0.4, 0.5) is 0 Å². The van der Waals surface area contributed by atoms with Crippen LogP contribution in [0.2, 0.25) is 0 Å². The van der Waals surface area contributed by atoms with Gasteiger partial charge in [-0.05, 0) is 42.5 Å². The minimum absolute atomic E-state index is 0.188.